The van der Waals surface area contributed by atoms with Crippen LogP contribution in [0.25, 0.3) is 0 Å². The van der Waals surface area contributed by atoms with E-state index in [9.17, 15) is 9.59 Å². The summed E-state index contributed by atoms with van der Waals surface area (Å²) in [6, 6.07) is 5.87. The summed E-state index contributed by atoms with van der Waals surface area (Å²) in [5.41, 5.74) is 2.82. The molecule has 1 heterocycles. The molecule has 2 aliphatic rings. The molecule has 0 bridgehead atoms. The van der Waals surface area contributed by atoms with Crippen LogP contribution >= 0.6 is 0 Å². The van der Waals surface area contributed by atoms with Gasteiger partial charge >= 0.3 is 0 Å². The molecule has 0 spiro atoms. The number of carbonyl (C=O) groups excluding carboxylic acids is 2. The molecule has 1 saturated carbocycles. The highest BCUT2D eigenvalue weighted by Gasteiger charge is 2.24. The SMILES string of the molecule is Cc1ccc(NC(=O)C2CCCC2)cc1N1CCCCC1=O. The van der Waals surface area contributed by atoms with Crippen LogP contribution in [0, 0.1) is 12.8 Å². The van der Waals surface area contributed by atoms with Crippen molar-refractivity contribution in [3.63, 3.8) is 0 Å². The van der Waals surface area contributed by atoms with Crippen molar-refractivity contribution in [2.75, 3.05) is 16.8 Å². The predicted molar refractivity (Wildman–Crippen MR) is 88.0 cm³/mol. The summed E-state index contributed by atoms with van der Waals surface area (Å²) in [6.07, 6.45) is 6.94. The molecule has 1 aliphatic heterocycles. The van der Waals surface area contributed by atoms with Gasteiger partial charge in [0.25, 0.3) is 0 Å². The van der Waals surface area contributed by atoms with Crippen LogP contribution in [0.15, 0.2) is 18.2 Å². The smallest absolute Gasteiger partial charge is 0.227 e. The Hall–Kier alpha value is -1.84. The Balaban J connectivity index is 1.77. The maximum atomic E-state index is 12.3. The average molecular weight is 300 g/mol. The quantitative estimate of drug-likeness (QED) is 0.926. The molecule has 1 aromatic carbocycles. The van der Waals surface area contributed by atoms with Gasteiger partial charge in [-0.1, -0.05) is 18.9 Å². The summed E-state index contributed by atoms with van der Waals surface area (Å²) in [7, 11) is 0. The Bertz CT molecular complexity index is 576. The van der Waals surface area contributed by atoms with Crippen molar-refractivity contribution in [1.82, 2.24) is 0 Å². The first-order valence-electron chi connectivity index (χ1n) is 8.37. The highest BCUT2D eigenvalue weighted by Crippen LogP contribution is 2.29. The Morgan fingerprint density at radius 2 is 1.95 bits per heavy atom. The van der Waals surface area contributed by atoms with Crippen LogP contribution in [0.5, 0.6) is 0 Å². The van der Waals surface area contributed by atoms with Crippen molar-refractivity contribution in [2.45, 2.75) is 51.9 Å². The summed E-state index contributed by atoms with van der Waals surface area (Å²) >= 11 is 0. The number of anilines is 2. The monoisotopic (exact) mass is 300 g/mol. The summed E-state index contributed by atoms with van der Waals surface area (Å²) in [5.74, 6) is 0.465. The molecule has 1 saturated heterocycles. The van der Waals surface area contributed by atoms with E-state index >= 15 is 0 Å². The van der Waals surface area contributed by atoms with Crippen LogP contribution in [0.1, 0.15) is 50.5 Å². The standard InChI is InChI=1S/C18H24N2O2/c1-13-9-10-15(19-18(22)14-6-2-3-7-14)12-16(13)20-11-5-4-8-17(20)21/h9-10,12,14H,2-8,11H2,1H3,(H,19,22). The Morgan fingerprint density at radius 3 is 2.68 bits per heavy atom. The van der Waals surface area contributed by atoms with Crippen LogP contribution < -0.4 is 10.2 Å². The Kier molecular flexibility index (Phi) is 4.46. The number of amides is 2. The molecule has 118 valence electrons. The van der Waals surface area contributed by atoms with E-state index in [1.165, 1.54) is 0 Å². The molecule has 22 heavy (non-hydrogen) atoms. The first-order valence-corrected chi connectivity index (χ1v) is 8.37. The number of nitrogens with one attached hydrogen (secondary N) is 1. The van der Waals surface area contributed by atoms with E-state index in [0.29, 0.717) is 6.42 Å². The number of hydrogen-bond donors (Lipinski definition) is 1. The van der Waals surface area contributed by atoms with E-state index in [0.717, 1.165) is 62.0 Å². The minimum Gasteiger partial charge on any atom is -0.326 e. The van der Waals surface area contributed by atoms with Crippen molar-refractivity contribution in [3.8, 4) is 0 Å². The van der Waals surface area contributed by atoms with Gasteiger partial charge in [-0.15, -0.1) is 0 Å². The van der Waals surface area contributed by atoms with Crippen LogP contribution in [0.4, 0.5) is 11.4 Å². The lowest BCUT2D eigenvalue weighted by molar-refractivity contribution is -0.120. The molecular weight excluding hydrogens is 276 g/mol. The number of aryl methyl sites for hydroxylation is 1. The van der Waals surface area contributed by atoms with E-state index in [-0.39, 0.29) is 17.7 Å². The zero-order chi connectivity index (χ0) is 15.5. The molecule has 0 radical (unpaired) electrons. The second-order valence-electron chi connectivity index (χ2n) is 6.47. The van der Waals surface area contributed by atoms with Gasteiger partial charge in [-0.2, -0.15) is 0 Å². The van der Waals surface area contributed by atoms with Gasteiger partial charge in [0, 0.05) is 30.3 Å². The van der Waals surface area contributed by atoms with Gasteiger partial charge in [0.1, 0.15) is 0 Å². The fourth-order valence-corrected chi connectivity index (χ4v) is 3.47. The fourth-order valence-electron chi connectivity index (χ4n) is 3.47. The Labute approximate surface area is 131 Å². The van der Waals surface area contributed by atoms with Gasteiger partial charge in [0.2, 0.25) is 11.8 Å². The van der Waals surface area contributed by atoms with Crippen LogP contribution in [0.3, 0.4) is 0 Å². The third-order valence-corrected chi connectivity index (χ3v) is 4.82. The van der Waals surface area contributed by atoms with Gasteiger partial charge < -0.3 is 10.2 Å². The third-order valence-electron chi connectivity index (χ3n) is 4.82. The first-order chi connectivity index (χ1) is 10.6. The zero-order valence-electron chi connectivity index (χ0n) is 13.2. The van der Waals surface area contributed by atoms with E-state index in [2.05, 4.69) is 5.32 Å². The summed E-state index contributed by atoms with van der Waals surface area (Å²) in [6.45, 7) is 2.79. The Morgan fingerprint density at radius 1 is 1.18 bits per heavy atom. The van der Waals surface area contributed by atoms with Crippen LogP contribution in [-0.4, -0.2) is 18.4 Å². The molecule has 2 amide bonds. The number of nitrogens with zero attached hydrogens (tertiary/aromatic N) is 1. The minimum absolute atomic E-state index is 0.122. The average Bonchev–Trinajstić information content (AvgIpc) is 3.04. The predicted octanol–water partition coefficient (Wildman–Crippen LogP) is 3.64. The normalized spacial score (nSPS) is 19.5. The highest BCUT2D eigenvalue weighted by molar-refractivity contribution is 5.97. The van der Waals surface area contributed by atoms with Crippen molar-refractivity contribution in [1.29, 1.82) is 0 Å². The maximum Gasteiger partial charge on any atom is 0.227 e. The number of benzene rings is 1. The fraction of sp³-hybridized carbons (Fsp3) is 0.556. The molecule has 1 N–H and O–H groups in total. The van der Waals surface area contributed by atoms with Gasteiger partial charge in [-0.25, -0.2) is 0 Å². The molecule has 1 aromatic rings. The molecule has 0 atom stereocenters. The second kappa shape index (κ2) is 6.51. The lowest BCUT2D eigenvalue weighted by atomic mass is 10.1. The molecule has 0 unspecified atom stereocenters. The first kappa shape index (κ1) is 15.1. The summed E-state index contributed by atoms with van der Waals surface area (Å²) in [5, 5.41) is 3.03. The topological polar surface area (TPSA) is 49.4 Å². The maximum absolute atomic E-state index is 12.3. The molecule has 1 aliphatic carbocycles. The van der Waals surface area contributed by atoms with E-state index in [1.807, 2.05) is 30.0 Å². The lowest BCUT2D eigenvalue weighted by Gasteiger charge is -2.28. The molecular formula is C18H24N2O2. The van der Waals surface area contributed by atoms with Crippen molar-refractivity contribution >= 4 is 23.2 Å². The van der Waals surface area contributed by atoms with Crippen LogP contribution in [-0.2, 0) is 9.59 Å². The zero-order valence-corrected chi connectivity index (χ0v) is 13.2. The van der Waals surface area contributed by atoms with E-state index in [4.69, 9.17) is 0 Å². The summed E-state index contributed by atoms with van der Waals surface area (Å²) in [4.78, 5) is 26.3. The van der Waals surface area contributed by atoms with Gasteiger partial charge in [0.05, 0.1) is 0 Å². The van der Waals surface area contributed by atoms with Crippen molar-refractivity contribution in [3.05, 3.63) is 23.8 Å². The molecule has 2 fully saturated rings. The highest BCUT2D eigenvalue weighted by atomic mass is 16.2. The number of carbonyl (C=O) groups is 2. The molecule has 4 heteroatoms. The van der Waals surface area contributed by atoms with Crippen molar-refractivity contribution in [2.24, 2.45) is 5.92 Å². The van der Waals surface area contributed by atoms with Gasteiger partial charge in [0.15, 0.2) is 0 Å². The van der Waals surface area contributed by atoms with Crippen molar-refractivity contribution < 1.29 is 9.59 Å². The summed E-state index contributed by atoms with van der Waals surface area (Å²) < 4.78 is 0. The minimum atomic E-state index is 0.122. The number of piperidine rings is 1. The molecule has 0 aromatic heterocycles. The lowest BCUT2D eigenvalue weighted by Crippen LogP contribution is -2.35. The van der Waals surface area contributed by atoms with Gasteiger partial charge in [-0.05, 0) is 50.3 Å². The molecule has 3 rings (SSSR count). The van der Waals surface area contributed by atoms with E-state index < -0.39 is 0 Å². The van der Waals surface area contributed by atoms with Crippen LogP contribution in [0.2, 0.25) is 0 Å². The molecule has 4 nitrogen and oxygen atoms in total. The van der Waals surface area contributed by atoms with Gasteiger partial charge in [-0.3, -0.25) is 9.59 Å². The third kappa shape index (κ3) is 3.16. The number of rotatable bonds is 3. The second-order valence-corrected chi connectivity index (χ2v) is 6.47. The number of hydrogen-bond acceptors (Lipinski definition) is 2. The largest absolute Gasteiger partial charge is 0.326 e. The van der Waals surface area contributed by atoms with E-state index in [1.54, 1.807) is 0 Å².